The standard InChI is InChI=1S/C34H26/c1-5-13-24(14-6-1)28-21-31-32-22-29(25-15-7-2-8-16-25)33(28)30(26-17-9-3-10-18-26)23-34(31,32)27-19-11-4-12-20-27/h1-23,31-33H/t31-,32-,33?,34?/m0/s1. The fourth-order valence-electron chi connectivity index (χ4n) is 6.42. The van der Waals surface area contributed by atoms with Gasteiger partial charge in [0.1, 0.15) is 0 Å². The minimum atomic E-state index is 0.0117. The molecule has 0 amide bonds. The van der Waals surface area contributed by atoms with Gasteiger partial charge < -0.3 is 0 Å². The number of rotatable bonds is 4. The molecular weight excluding hydrogens is 408 g/mol. The first-order valence-electron chi connectivity index (χ1n) is 12.2. The maximum absolute atomic E-state index is 2.64. The highest BCUT2D eigenvalue weighted by Gasteiger charge is 2.64. The summed E-state index contributed by atoms with van der Waals surface area (Å²) < 4.78 is 0. The molecule has 0 heterocycles. The van der Waals surface area contributed by atoms with Gasteiger partial charge in [0.2, 0.25) is 0 Å². The van der Waals surface area contributed by atoms with Gasteiger partial charge in [0.05, 0.1) is 0 Å². The SMILES string of the molecule is C1=C(c2ccccc2)C2C(c3ccccc3)=C[C@H]3[C@H]1C3(c1ccccc1)C=C2c1ccccc1. The zero-order valence-corrected chi connectivity index (χ0v) is 19.0. The first kappa shape index (κ1) is 19.6. The van der Waals surface area contributed by atoms with E-state index in [4.69, 9.17) is 0 Å². The quantitative estimate of drug-likeness (QED) is 0.305. The Morgan fingerprint density at radius 3 is 1.24 bits per heavy atom. The summed E-state index contributed by atoms with van der Waals surface area (Å²) in [6.07, 6.45) is 7.85. The highest BCUT2D eigenvalue weighted by atomic mass is 14.7. The largest absolute Gasteiger partial charge is 0.0748 e. The minimum Gasteiger partial charge on any atom is -0.0748 e. The molecule has 0 heteroatoms. The van der Waals surface area contributed by atoms with Crippen molar-refractivity contribution in [2.24, 2.45) is 17.8 Å². The van der Waals surface area contributed by atoms with E-state index in [0.29, 0.717) is 11.8 Å². The number of allylic oxidation sites excluding steroid dienone is 6. The van der Waals surface area contributed by atoms with Crippen molar-refractivity contribution in [1.29, 1.82) is 0 Å². The van der Waals surface area contributed by atoms with Crippen molar-refractivity contribution in [1.82, 2.24) is 0 Å². The summed E-state index contributed by atoms with van der Waals surface area (Å²) in [5, 5.41) is 0. The maximum Gasteiger partial charge on any atom is 0.0348 e. The average molecular weight is 435 g/mol. The molecule has 8 rings (SSSR count). The molecule has 34 heavy (non-hydrogen) atoms. The Balaban J connectivity index is 1.55. The molecule has 0 unspecified atom stereocenters. The fourth-order valence-corrected chi connectivity index (χ4v) is 6.42. The van der Waals surface area contributed by atoms with E-state index in [1.54, 1.807) is 0 Å². The summed E-state index contributed by atoms with van der Waals surface area (Å²) >= 11 is 0. The Labute approximate surface area is 201 Å². The summed E-state index contributed by atoms with van der Waals surface area (Å²) in [5.74, 6) is 1.14. The van der Waals surface area contributed by atoms with Gasteiger partial charge in [-0.05, 0) is 50.8 Å². The van der Waals surface area contributed by atoms with Crippen molar-refractivity contribution < 1.29 is 0 Å². The normalized spacial score (nSPS) is 26.6. The van der Waals surface area contributed by atoms with E-state index in [0.717, 1.165) is 0 Å². The second-order valence-corrected chi connectivity index (χ2v) is 9.73. The molecule has 0 radical (unpaired) electrons. The summed E-state index contributed by atoms with van der Waals surface area (Å²) in [6, 6.07) is 44.2. The Bertz CT molecular complexity index is 1360. The third-order valence-electron chi connectivity index (χ3n) is 8.02. The van der Waals surface area contributed by atoms with Crippen LogP contribution >= 0.6 is 0 Å². The van der Waals surface area contributed by atoms with Crippen LogP contribution in [-0.2, 0) is 5.41 Å². The molecule has 0 saturated heterocycles. The lowest BCUT2D eigenvalue weighted by Gasteiger charge is -2.26. The second kappa shape index (κ2) is 7.57. The molecule has 0 aliphatic heterocycles. The Morgan fingerprint density at radius 2 is 0.794 bits per heavy atom. The minimum absolute atomic E-state index is 0.0117. The van der Waals surface area contributed by atoms with Gasteiger partial charge in [-0.15, -0.1) is 0 Å². The zero-order valence-electron chi connectivity index (χ0n) is 19.0. The molecule has 1 fully saturated rings. The fraction of sp³-hybridized carbons (Fsp3) is 0.118. The van der Waals surface area contributed by atoms with E-state index >= 15 is 0 Å². The molecule has 0 nitrogen and oxygen atoms in total. The number of hydrogen-bond acceptors (Lipinski definition) is 0. The van der Waals surface area contributed by atoms with Crippen LogP contribution in [0.5, 0.6) is 0 Å². The summed E-state index contributed by atoms with van der Waals surface area (Å²) in [7, 11) is 0. The van der Waals surface area contributed by atoms with Crippen molar-refractivity contribution in [3.8, 4) is 0 Å². The average Bonchev–Trinajstić information content (AvgIpc) is 3.63. The Kier molecular flexibility index (Phi) is 4.35. The van der Waals surface area contributed by atoms with Crippen LogP contribution in [-0.4, -0.2) is 0 Å². The molecule has 162 valence electrons. The van der Waals surface area contributed by atoms with Crippen molar-refractivity contribution in [3.63, 3.8) is 0 Å². The Hall–Kier alpha value is -3.90. The van der Waals surface area contributed by atoms with E-state index in [9.17, 15) is 0 Å². The lowest BCUT2D eigenvalue weighted by atomic mass is 9.77. The molecule has 4 aliphatic carbocycles. The van der Waals surface area contributed by atoms with Gasteiger partial charge in [-0.25, -0.2) is 0 Å². The van der Waals surface area contributed by atoms with Crippen molar-refractivity contribution in [2.75, 3.05) is 0 Å². The summed E-state index contributed by atoms with van der Waals surface area (Å²) in [5.41, 5.74) is 9.71. The van der Waals surface area contributed by atoms with Gasteiger partial charge in [0.15, 0.2) is 0 Å². The molecule has 4 aromatic carbocycles. The number of hydrogen-bond donors (Lipinski definition) is 0. The van der Waals surface area contributed by atoms with Crippen LogP contribution in [0, 0.1) is 17.8 Å². The predicted octanol–water partition coefficient (Wildman–Crippen LogP) is 8.06. The molecule has 0 aromatic heterocycles. The van der Waals surface area contributed by atoms with E-state index in [1.807, 2.05) is 0 Å². The predicted molar refractivity (Wildman–Crippen MR) is 142 cm³/mol. The van der Waals surface area contributed by atoms with Crippen LogP contribution in [0.4, 0.5) is 0 Å². The van der Waals surface area contributed by atoms with Crippen LogP contribution in [0.25, 0.3) is 16.7 Å². The second-order valence-electron chi connectivity index (χ2n) is 9.73. The monoisotopic (exact) mass is 434 g/mol. The molecule has 4 bridgehead atoms. The van der Waals surface area contributed by atoms with Crippen LogP contribution < -0.4 is 0 Å². The number of benzene rings is 4. The van der Waals surface area contributed by atoms with Crippen molar-refractivity contribution >= 4 is 16.7 Å². The first-order chi connectivity index (χ1) is 16.9. The van der Waals surface area contributed by atoms with E-state index in [2.05, 4.69) is 140 Å². The van der Waals surface area contributed by atoms with Crippen LogP contribution in [0.15, 0.2) is 140 Å². The topological polar surface area (TPSA) is 0 Å². The highest BCUT2D eigenvalue weighted by Crippen LogP contribution is 2.69. The molecule has 2 atom stereocenters. The summed E-state index contributed by atoms with van der Waals surface area (Å²) in [4.78, 5) is 0. The highest BCUT2D eigenvalue weighted by molar-refractivity contribution is 5.99. The molecule has 0 spiro atoms. The third-order valence-corrected chi connectivity index (χ3v) is 8.02. The van der Waals surface area contributed by atoms with Gasteiger partial charge in [0.25, 0.3) is 0 Å². The van der Waals surface area contributed by atoms with E-state index < -0.39 is 0 Å². The zero-order chi connectivity index (χ0) is 22.5. The lowest BCUT2D eigenvalue weighted by molar-refractivity contribution is 0.810. The van der Waals surface area contributed by atoms with E-state index in [1.165, 1.54) is 39.0 Å². The summed E-state index contributed by atoms with van der Waals surface area (Å²) in [6.45, 7) is 0. The van der Waals surface area contributed by atoms with E-state index in [-0.39, 0.29) is 11.3 Å². The Morgan fingerprint density at radius 1 is 0.412 bits per heavy atom. The molecule has 4 aromatic rings. The smallest absolute Gasteiger partial charge is 0.0348 e. The van der Waals surface area contributed by atoms with Gasteiger partial charge in [-0.3, -0.25) is 0 Å². The van der Waals surface area contributed by atoms with Crippen molar-refractivity contribution in [2.45, 2.75) is 5.41 Å². The lowest BCUT2D eigenvalue weighted by Crippen LogP contribution is -2.10. The van der Waals surface area contributed by atoms with Gasteiger partial charge >= 0.3 is 0 Å². The van der Waals surface area contributed by atoms with Crippen LogP contribution in [0.3, 0.4) is 0 Å². The third kappa shape index (κ3) is 2.85. The van der Waals surface area contributed by atoms with Gasteiger partial charge in [-0.1, -0.05) is 140 Å². The molecule has 1 saturated carbocycles. The maximum atomic E-state index is 2.64. The van der Waals surface area contributed by atoms with Crippen LogP contribution in [0.2, 0.25) is 0 Å². The van der Waals surface area contributed by atoms with Crippen LogP contribution in [0.1, 0.15) is 22.3 Å². The molecule has 0 N–H and O–H groups in total. The van der Waals surface area contributed by atoms with Gasteiger partial charge in [-0.2, -0.15) is 0 Å². The van der Waals surface area contributed by atoms with Crippen molar-refractivity contribution in [3.05, 3.63) is 162 Å². The molecular formula is C34H26. The molecule has 4 aliphatic rings. The van der Waals surface area contributed by atoms with Gasteiger partial charge in [0, 0.05) is 11.3 Å². The first-order valence-corrected chi connectivity index (χ1v) is 12.2.